The fourth-order valence-electron chi connectivity index (χ4n) is 4.57. The standard InChI is InChI=1S/C22H28N4O2S/c1-14-2-5-17(29-14)12-25-9-6-15(7-10-25)20-23-19-8-11-26(22(28)16-3-4-16)13-18(19)21(27)24-20/h2,5,15-16H,3-4,6-13H2,1H3,(H,23,24,27). The molecule has 6 nitrogen and oxygen atoms in total. The Labute approximate surface area is 175 Å². The van der Waals surface area contributed by atoms with Gasteiger partial charge in [-0.25, -0.2) is 4.98 Å². The van der Waals surface area contributed by atoms with Crippen molar-refractivity contribution in [2.45, 2.75) is 58.0 Å². The van der Waals surface area contributed by atoms with Crippen LogP contribution in [0.5, 0.6) is 0 Å². The number of H-pyrrole nitrogens is 1. The van der Waals surface area contributed by atoms with Crippen molar-refractivity contribution in [3.05, 3.63) is 49.3 Å². The molecule has 2 aromatic heterocycles. The number of aryl methyl sites for hydroxylation is 1. The van der Waals surface area contributed by atoms with Crippen LogP contribution < -0.4 is 5.56 Å². The molecule has 0 spiro atoms. The molecule has 1 amide bonds. The molecule has 0 bridgehead atoms. The summed E-state index contributed by atoms with van der Waals surface area (Å²) in [6.07, 6.45) is 4.75. The van der Waals surface area contributed by atoms with E-state index in [0.717, 1.165) is 56.8 Å². The zero-order valence-corrected chi connectivity index (χ0v) is 17.8. The second-order valence-electron chi connectivity index (χ2n) is 8.72. The number of fused-ring (bicyclic) bond motifs is 1. The topological polar surface area (TPSA) is 69.3 Å². The van der Waals surface area contributed by atoms with Gasteiger partial charge in [-0.1, -0.05) is 0 Å². The zero-order valence-electron chi connectivity index (χ0n) is 16.9. The third-order valence-corrected chi connectivity index (χ3v) is 7.46. The lowest BCUT2D eigenvalue weighted by molar-refractivity contribution is -0.133. The molecule has 1 N–H and O–H groups in total. The average molecular weight is 413 g/mol. The number of hydrogen-bond donors (Lipinski definition) is 1. The van der Waals surface area contributed by atoms with Gasteiger partial charge in [0, 0.05) is 41.1 Å². The van der Waals surface area contributed by atoms with Gasteiger partial charge in [-0.15, -0.1) is 11.3 Å². The molecule has 1 aliphatic carbocycles. The van der Waals surface area contributed by atoms with Gasteiger partial charge in [-0.3, -0.25) is 14.5 Å². The van der Waals surface area contributed by atoms with Crippen LogP contribution in [0.25, 0.3) is 0 Å². The van der Waals surface area contributed by atoms with E-state index in [9.17, 15) is 9.59 Å². The first-order valence-corrected chi connectivity index (χ1v) is 11.6. The Morgan fingerprint density at radius 3 is 2.69 bits per heavy atom. The average Bonchev–Trinajstić information content (AvgIpc) is 3.50. The molecule has 29 heavy (non-hydrogen) atoms. The summed E-state index contributed by atoms with van der Waals surface area (Å²) in [5, 5.41) is 0. The number of likely N-dealkylation sites (tertiary alicyclic amines) is 1. The van der Waals surface area contributed by atoms with E-state index in [1.54, 1.807) is 0 Å². The van der Waals surface area contributed by atoms with Crippen LogP contribution in [0.2, 0.25) is 0 Å². The molecule has 2 fully saturated rings. The van der Waals surface area contributed by atoms with Crippen molar-refractivity contribution in [3.8, 4) is 0 Å². The number of hydrogen-bond acceptors (Lipinski definition) is 5. The van der Waals surface area contributed by atoms with Gasteiger partial charge in [0.15, 0.2) is 0 Å². The molecule has 154 valence electrons. The number of piperidine rings is 1. The van der Waals surface area contributed by atoms with Crippen LogP contribution in [0.15, 0.2) is 16.9 Å². The molecule has 0 unspecified atom stereocenters. The molecule has 1 saturated heterocycles. The Bertz CT molecular complexity index is 969. The fraction of sp³-hybridized carbons (Fsp3) is 0.591. The molecule has 0 aromatic carbocycles. The third kappa shape index (κ3) is 4.03. The maximum absolute atomic E-state index is 12.7. The van der Waals surface area contributed by atoms with E-state index in [1.807, 2.05) is 16.2 Å². The third-order valence-electron chi connectivity index (χ3n) is 6.47. The van der Waals surface area contributed by atoms with Crippen LogP contribution in [0.1, 0.15) is 58.4 Å². The quantitative estimate of drug-likeness (QED) is 0.838. The molecule has 5 rings (SSSR count). The minimum absolute atomic E-state index is 0.0465. The Morgan fingerprint density at radius 2 is 2.00 bits per heavy atom. The smallest absolute Gasteiger partial charge is 0.256 e. The van der Waals surface area contributed by atoms with Crippen molar-refractivity contribution in [3.63, 3.8) is 0 Å². The summed E-state index contributed by atoms with van der Waals surface area (Å²) < 4.78 is 0. The summed E-state index contributed by atoms with van der Waals surface area (Å²) in [6, 6.07) is 4.42. The number of rotatable bonds is 4. The number of nitrogens with zero attached hydrogens (tertiary/aromatic N) is 3. The van der Waals surface area contributed by atoms with E-state index in [-0.39, 0.29) is 17.4 Å². The van der Waals surface area contributed by atoms with Gasteiger partial charge in [0.25, 0.3) is 5.56 Å². The highest BCUT2D eigenvalue weighted by Gasteiger charge is 2.35. The normalized spacial score (nSPS) is 20.7. The molecule has 1 saturated carbocycles. The van der Waals surface area contributed by atoms with Crippen molar-refractivity contribution >= 4 is 17.2 Å². The van der Waals surface area contributed by atoms with E-state index >= 15 is 0 Å². The first-order chi connectivity index (χ1) is 14.1. The molecule has 3 aliphatic rings. The van der Waals surface area contributed by atoms with Crippen LogP contribution in [-0.2, 0) is 24.3 Å². The van der Waals surface area contributed by atoms with Crippen molar-refractivity contribution in [1.82, 2.24) is 19.8 Å². The number of carbonyl (C=O) groups is 1. The SMILES string of the molecule is Cc1ccc(CN2CCC(c3nc4c(c(=O)[nH]3)CN(C(=O)C3CC3)CC4)CC2)s1. The van der Waals surface area contributed by atoms with Crippen LogP contribution in [0.3, 0.4) is 0 Å². The van der Waals surface area contributed by atoms with Gasteiger partial charge in [0.1, 0.15) is 5.82 Å². The van der Waals surface area contributed by atoms with Gasteiger partial charge in [0.05, 0.1) is 17.8 Å². The number of carbonyl (C=O) groups excluding carboxylic acids is 1. The summed E-state index contributed by atoms with van der Waals surface area (Å²) >= 11 is 1.87. The summed E-state index contributed by atoms with van der Waals surface area (Å²) in [5.74, 6) is 1.58. The van der Waals surface area contributed by atoms with Gasteiger partial charge < -0.3 is 9.88 Å². The number of thiophene rings is 1. The number of aromatic nitrogens is 2. The fourth-order valence-corrected chi connectivity index (χ4v) is 5.50. The molecule has 2 aliphatic heterocycles. The van der Waals surface area contributed by atoms with Crippen molar-refractivity contribution in [2.24, 2.45) is 5.92 Å². The monoisotopic (exact) mass is 412 g/mol. The van der Waals surface area contributed by atoms with Gasteiger partial charge in [0.2, 0.25) is 5.91 Å². The number of amides is 1. The van der Waals surface area contributed by atoms with E-state index in [2.05, 4.69) is 28.9 Å². The maximum Gasteiger partial charge on any atom is 0.256 e. The molecular weight excluding hydrogens is 384 g/mol. The predicted octanol–water partition coefficient (Wildman–Crippen LogP) is 2.81. The first kappa shape index (κ1) is 19.0. The highest BCUT2D eigenvalue weighted by molar-refractivity contribution is 7.11. The lowest BCUT2D eigenvalue weighted by Crippen LogP contribution is -2.41. The van der Waals surface area contributed by atoms with Gasteiger partial charge in [-0.05, 0) is 57.8 Å². The van der Waals surface area contributed by atoms with Crippen molar-refractivity contribution in [1.29, 1.82) is 0 Å². The van der Waals surface area contributed by atoms with Crippen LogP contribution in [0.4, 0.5) is 0 Å². The lowest BCUT2D eigenvalue weighted by atomic mass is 9.95. The Balaban J connectivity index is 1.24. The van der Waals surface area contributed by atoms with Crippen molar-refractivity contribution in [2.75, 3.05) is 19.6 Å². The van der Waals surface area contributed by atoms with Crippen LogP contribution >= 0.6 is 11.3 Å². The largest absolute Gasteiger partial charge is 0.337 e. The maximum atomic E-state index is 12.7. The number of aromatic amines is 1. The second kappa shape index (κ2) is 7.69. The minimum atomic E-state index is -0.0465. The molecule has 2 aromatic rings. The van der Waals surface area contributed by atoms with Gasteiger partial charge in [-0.2, -0.15) is 0 Å². The second-order valence-corrected chi connectivity index (χ2v) is 10.1. The van der Waals surface area contributed by atoms with E-state index in [4.69, 9.17) is 4.98 Å². The summed E-state index contributed by atoms with van der Waals surface area (Å²) in [4.78, 5) is 40.1. The Hall–Kier alpha value is -1.99. The van der Waals surface area contributed by atoms with Gasteiger partial charge >= 0.3 is 0 Å². The lowest BCUT2D eigenvalue weighted by Gasteiger charge is -2.32. The molecule has 7 heteroatoms. The highest BCUT2D eigenvalue weighted by Crippen LogP contribution is 2.33. The minimum Gasteiger partial charge on any atom is -0.337 e. The van der Waals surface area contributed by atoms with E-state index < -0.39 is 0 Å². The predicted molar refractivity (Wildman–Crippen MR) is 113 cm³/mol. The summed E-state index contributed by atoms with van der Waals surface area (Å²) in [6.45, 7) is 6.35. The molecule has 4 heterocycles. The van der Waals surface area contributed by atoms with Crippen molar-refractivity contribution < 1.29 is 4.79 Å². The van der Waals surface area contributed by atoms with E-state index in [1.165, 1.54) is 9.75 Å². The molecule has 0 atom stereocenters. The molecule has 0 radical (unpaired) electrons. The summed E-state index contributed by atoms with van der Waals surface area (Å²) in [7, 11) is 0. The Kier molecular flexibility index (Phi) is 5.04. The highest BCUT2D eigenvalue weighted by atomic mass is 32.1. The van der Waals surface area contributed by atoms with E-state index in [0.29, 0.717) is 31.0 Å². The Morgan fingerprint density at radius 1 is 1.21 bits per heavy atom. The first-order valence-electron chi connectivity index (χ1n) is 10.8. The van der Waals surface area contributed by atoms with Crippen LogP contribution in [-0.4, -0.2) is 45.3 Å². The van der Waals surface area contributed by atoms with Crippen LogP contribution in [0, 0.1) is 12.8 Å². The number of nitrogens with one attached hydrogen (secondary N) is 1. The molecular formula is C22H28N4O2S. The zero-order chi connectivity index (χ0) is 20.0. The summed E-state index contributed by atoms with van der Waals surface area (Å²) in [5.41, 5.74) is 1.55.